The average Bonchev–Trinajstić information content (AvgIpc) is 3.67. The molecule has 39 heavy (non-hydrogen) atoms. The molecule has 0 radical (unpaired) electrons. The molecule has 2 aliphatic rings. The van der Waals surface area contributed by atoms with Crippen LogP contribution in [0.1, 0.15) is 11.5 Å². The van der Waals surface area contributed by atoms with Crippen molar-refractivity contribution in [2.45, 2.75) is 16.1 Å². The molecular weight excluding hydrogens is 529 g/mol. The molecule has 0 amide bonds. The minimum Gasteiger partial charge on any atom is -0.135 e. The van der Waals surface area contributed by atoms with Gasteiger partial charge in [0.1, 0.15) is 0 Å². The molecule has 0 bridgehead atoms. The number of benzene rings is 5. The van der Waals surface area contributed by atoms with E-state index in [-0.39, 0.29) is 0 Å². The maximum Gasteiger partial charge on any atom is 0.0433 e. The Balaban J connectivity index is 1.22. The Morgan fingerprint density at radius 1 is 0.513 bits per heavy atom. The number of hydrogen-bond acceptors (Lipinski definition) is 3. The molecule has 2 aromatic heterocycles. The first-order chi connectivity index (χ1) is 19.3. The Bertz CT molecular complexity index is 2170. The summed E-state index contributed by atoms with van der Waals surface area (Å²) in [6.07, 6.45) is 9.11. The molecule has 9 rings (SSSR count). The summed E-state index contributed by atoms with van der Waals surface area (Å²) >= 11 is 5.82. The fourth-order valence-electron chi connectivity index (χ4n) is 6.38. The maximum atomic E-state index is 2.43. The van der Waals surface area contributed by atoms with Crippen LogP contribution in [0.2, 0.25) is 0 Å². The first-order valence-corrected chi connectivity index (χ1v) is 15.8. The van der Waals surface area contributed by atoms with E-state index in [2.05, 4.69) is 121 Å². The number of allylic oxidation sites excluding steroid dienone is 3. The van der Waals surface area contributed by atoms with Crippen LogP contribution in [0.15, 0.2) is 126 Å². The van der Waals surface area contributed by atoms with Crippen LogP contribution in [0.5, 0.6) is 0 Å². The molecule has 7 aromatic rings. The van der Waals surface area contributed by atoms with Gasteiger partial charge in [-0.1, -0.05) is 91.0 Å². The second-order valence-electron chi connectivity index (χ2n) is 10.4. The Morgan fingerprint density at radius 2 is 1.21 bits per heavy atom. The summed E-state index contributed by atoms with van der Waals surface area (Å²) in [6.45, 7) is 0. The molecule has 1 aliphatic carbocycles. The third-order valence-corrected chi connectivity index (χ3v) is 12.0. The molecule has 0 fully saturated rings. The second-order valence-corrected chi connectivity index (χ2v) is 13.7. The lowest BCUT2D eigenvalue weighted by molar-refractivity contribution is 0.881. The smallest absolute Gasteiger partial charge is 0.0433 e. The van der Waals surface area contributed by atoms with E-state index in [1.165, 1.54) is 73.1 Å². The van der Waals surface area contributed by atoms with E-state index >= 15 is 0 Å². The lowest BCUT2D eigenvalue weighted by Crippen LogP contribution is -2.06. The van der Waals surface area contributed by atoms with Crippen LogP contribution in [0.4, 0.5) is 0 Å². The first-order valence-electron chi connectivity index (χ1n) is 13.3. The number of rotatable bonds is 2. The predicted octanol–water partition coefficient (Wildman–Crippen LogP) is 11.4. The van der Waals surface area contributed by atoms with E-state index in [1.807, 2.05) is 34.4 Å². The Labute approximate surface area is 238 Å². The standard InChI is InChI=1S/C36H22S3/c1-3-13-31-25(7-1)27-11-5-9-23(35(27)38-31)21-15-17-33-29(19-21)30-20-22(16-18-34(30)37-33)24-10-6-12-28-26-8-2-4-14-32(26)39-36(24)28/h1-20,25,31H. The fourth-order valence-corrected chi connectivity index (χ4v) is 10.2. The number of thioether (sulfide) groups is 1. The largest absolute Gasteiger partial charge is 0.135 e. The van der Waals surface area contributed by atoms with Crippen molar-refractivity contribution in [3.63, 3.8) is 0 Å². The summed E-state index contributed by atoms with van der Waals surface area (Å²) in [5, 5.41) is 5.93. The molecule has 5 aromatic carbocycles. The molecule has 0 spiro atoms. The van der Waals surface area contributed by atoms with Crippen LogP contribution in [0, 0.1) is 0 Å². The summed E-state index contributed by atoms with van der Waals surface area (Å²) in [5.74, 6) is 0.486. The lowest BCUT2D eigenvalue weighted by atomic mass is 9.90. The first kappa shape index (κ1) is 22.2. The van der Waals surface area contributed by atoms with Gasteiger partial charge in [0.2, 0.25) is 0 Å². The number of fused-ring (bicyclic) bond motifs is 9. The van der Waals surface area contributed by atoms with E-state index < -0.39 is 0 Å². The van der Waals surface area contributed by atoms with E-state index in [0.29, 0.717) is 11.2 Å². The average molecular weight is 551 g/mol. The Hall–Kier alpha value is -3.63. The molecule has 184 valence electrons. The van der Waals surface area contributed by atoms with Crippen molar-refractivity contribution in [1.82, 2.24) is 0 Å². The molecule has 0 nitrogen and oxygen atoms in total. The minimum absolute atomic E-state index is 0.486. The van der Waals surface area contributed by atoms with Gasteiger partial charge in [0.05, 0.1) is 0 Å². The SMILES string of the molecule is C1=CC2Sc3c(-c4ccc5sc6ccc(-c7cccc8c7sc7ccccc78)cc6c5c4)cccc3C2C=C1. The molecule has 3 heteroatoms. The molecule has 2 unspecified atom stereocenters. The quantitative estimate of drug-likeness (QED) is 0.206. The van der Waals surface area contributed by atoms with Gasteiger partial charge in [-0.2, -0.15) is 0 Å². The van der Waals surface area contributed by atoms with E-state index in [1.54, 1.807) is 0 Å². The highest BCUT2D eigenvalue weighted by Crippen LogP contribution is 2.52. The van der Waals surface area contributed by atoms with Gasteiger partial charge in [-0.25, -0.2) is 0 Å². The molecule has 2 atom stereocenters. The highest BCUT2D eigenvalue weighted by Gasteiger charge is 2.32. The zero-order valence-corrected chi connectivity index (χ0v) is 23.4. The van der Waals surface area contributed by atoms with Gasteiger partial charge in [-0.15, -0.1) is 34.4 Å². The highest BCUT2D eigenvalue weighted by molar-refractivity contribution is 8.00. The number of thiophene rings is 2. The third kappa shape index (κ3) is 3.31. The summed E-state index contributed by atoms with van der Waals surface area (Å²) in [6, 6.07) is 36.5. The zero-order chi connectivity index (χ0) is 25.5. The normalized spacial score (nSPS) is 17.9. The van der Waals surface area contributed by atoms with Crippen molar-refractivity contribution in [3.05, 3.63) is 127 Å². The summed E-state index contributed by atoms with van der Waals surface area (Å²) in [4.78, 5) is 1.44. The van der Waals surface area contributed by atoms with E-state index in [0.717, 1.165) is 0 Å². The summed E-state index contributed by atoms with van der Waals surface area (Å²) in [5.41, 5.74) is 6.77. The van der Waals surface area contributed by atoms with Gasteiger partial charge in [-0.05, 0) is 58.1 Å². The highest BCUT2D eigenvalue weighted by atomic mass is 32.2. The van der Waals surface area contributed by atoms with E-state index in [9.17, 15) is 0 Å². The third-order valence-electron chi connectivity index (χ3n) is 8.24. The Morgan fingerprint density at radius 3 is 2.08 bits per heavy atom. The lowest BCUT2D eigenvalue weighted by Gasteiger charge is -2.14. The van der Waals surface area contributed by atoms with Crippen LogP contribution in [0.3, 0.4) is 0 Å². The van der Waals surface area contributed by atoms with Crippen LogP contribution >= 0.6 is 34.4 Å². The van der Waals surface area contributed by atoms with Gasteiger partial charge in [0, 0.05) is 56.4 Å². The van der Waals surface area contributed by atoms with Gasteiger partial charge in [0.25, 0.3) is 0 Å². The second kappa shape index (κ2) is 8.43. The molecule has 0 N–H and O–H groups in total. The fraction of sp³-hybridized carbons (Fsp3) is 0.0556. The molecular formula is C36H22S3. The van der Waals surface area contributed by atoms with E-state index in [4.69, 9.17) is 0 Å². The van der Waals surface area contributed by atoms with Gasteiger partial charge >= 0.3 is 0 Å². The summed E-state index contributed by atoms with van der Waals surface area (Å²) < 4.78 is 5.43. The predicted molar refractivity (Wildman–Crippen MR) is 174 cm³/mol. The maximum absolute atomic E-state index is 2.43. The summed E-state index contributed by atoms with van der Waals surface area (Å²) in [7, 11) is 0. The van der Waals surface area contributed by atoms with Crippen LogP contribution in [-0.4, -0.2) is 5.25 Å². The molecule has 0 saturated carbocycles. The molecule has 3 heterocycles. The van der Waals surface area contributed by atoms with Gasteiger partial charge in [-0.3, -0.25) is 0 Å². The van der Waals surface area contributed by atoms with Crippen molar-refractivity contribution in [2.75, 3.05) is 0 Å². The van der Waals surface area contributed by atoms with Crippen LogP contribution in [0.25, 0.3) is 62.6 Å². The van der Waals surface area contributed by atoms with Crippen molar-refractivity contribution in [3.8, 4) is 22.3 Å². The van der Waals surface area contributed by atoms with Crippen molar-refractivity contribution in [2.24, 2.45) is 0 Å². The van der Waals surface area contributed by atoms with Crippen molar-refractivity contribution < 1.29 is 0 Å². The number of hydrogen-bond donors (Lipinski definition) is 0. The van der Waals surface area contributed by atoms with Crippen molar-refractivity contribution in [1.29, 1.82) is 0 Å². The van der Waals surface area contributed by atoms with Gasteiger partial charge in [0.15, 0.2) is 0 Å². The van der Waals surface area contributed by atoms with Gasteiger partial charge < -0.3 is 0 Å². The van der Waals surface area contributed by atoms with Crippen molar-refractivity contribution >= 4 is 74.8 Å². The topological polar surface area (TPSA) is 0 Å². The van der Waals surface area contributed by atoms with Crippen LogP contribution < -0.4 is 0 Å². The monoisotopic (exact) mass is 550 g/mol. The van der Waals surface area contributed by atoms with Crippen LogP contribution in [-0.2, 0) is 0 Å². The molecule has 1 aliphatic heterocycles. The Kier molecular flexibility index (Phi) is 4.80. The zero-order valence-electron chi connectivity index (χ0n) is 20.9. The molecule has 0 saturated heterocycles. The minimum atomic E-state index is 0.486.